The van der Waals surface area contributed by atoms with Gasteiger partial charge in [-0.2, -0.15) is 0 Å². The molecule has 0 aliphatic carbocycles. The fourth-order valence-corrected chi connectivity index (χ4v) is 1.50. The van der Waals surface area contributed by atoms with Crippen LogP contribution in [0.2, 0.25) is 0 Å². The number of hydrogen-bond acceptors (Lipinski definition) is 6. The molecule has 0 heterocycles. The molecule has 0 fully saturated rings. The first-order valence-electron chi connectivity index (χ1n) is 5.09. The SMILES string of the molecule is S=C(S)NCCNC(=S)S.S=C([S-])NCCNC(=S)[S-].[Na+].[Na+]. The summed E-state index contributed by atoms with van der Waals surface area (Å²) in [5, 5.41) is 11.2. The van der Waals surface area contributed by atoms with Crippen LogP contribution in [0.3, 0.4) is 0 Å². The molecular weight excluding hydrogens is 455 g/mol. The van der Waals surface area contributed by atoms with Crippen molar-refractivity contribution >= 4 is 117 Å². The van der Waals surface area contributed by atoms with E-state index in [0.717, 1.165) is 0 Å². The first-order chi connectivity index (χ1) is 9.25. The minimum Gasteiger partial charge on any atom is -0.412 e. The molecule has 14 heteroatoms. The Labute approximate surface area is 219 Å². The molecule has 0 unspecified atom stereocenters. The van der Waals surface area contributed by atoms with Crippen molar-refractivity contribution in [3.8, 4) is 0 Å². The molecule has 0 aromatic heterocycles. The zero-order valence-electron chi connectivity index (χ0n) is 12.2. The quantitative estimate of drug-likeness (QED) is 0.0749. The van der Waals surface area contributed by atoms with Crippen LogP contribution in [0, 0.1) is 0 Å². The topological polar surface area (TPSA) is 48.1 Å². The van der Waals surface area contributed by atoms with E-state index in [4.69, 9.17) is 0 Å². The Hall–Kier alpha value is 2.70. The maximum absolute atomic E-state index is 4.65. The molecule has 4 N–H and O–H groups in total. The van der Waals surface area contributed by atoms with E-state index in [2.05, 4.69) is 121 Å². The van der Waals surface area contributed by atoms with Crippen molar-refractivity contribution in [1.82, 2.24) is 21.3 Å². The van der Waals surface area contributed by atoms with Crippen LogP contribution >= 0.6 is 74.1 Å². The standard InChI is InChI=1S/2C4H8N2S4.2Na/c2*7-3(8)5-1-2-6-4(9)10;;/h2*1-2H2,(H2,5,7,8)(H2,6,9,10);;/q;;2*+1/p-2. The molecule has 22 heavy (non-hydrogen) atoms. The number of hydrogen-bond donors (Lipinski definition) is 6. The number of thiol groups is 2. The summed E-state index contributed by atoms with van der Waals surface area (Å²) in [6.07, 6.45) is 0. The Kier molecular flexibility index (Phi) is 34.9. The first kappa shape index (κ1) is 32.4. The van der Waals surface area contributed by atoms with Crippen LogP contribution in [-0.4, -0.2) is 43.5 Å². The fourth-order valence-electron chi connectivity index (χ4n) is 0.668. The van der Waals surface area contributed by atoms with Gasteiger partial charge < -0.3 is 71.0 Å². The van der Waals surface area contributed by atoms with E-state index in [-0.39, 0.29) is 59.1 Å². The second-order valence-electron chi connectivity index (χ2n) is 2.89. The van der Waals surface area contributed by atoms with Crippen molar-refractivity contribution in [2.24, 2.45) is 0 Å². The van der Waals surface area contributed by atoms with Crippen molar-refractivity contribution in [2.45, 2.75) is 0 Å². The molecular formula is C8H14N4Na2S8. The van der Waals surface area contributed by atoms with Gasteiger partial charge in [0, 0.05) is 26.2 Å². The smallest absolute Gasteiger partial charge is 0.412 e. The molecule has 0 radical (unpaired) electrons. The van der Waals surface area contributed by atoms with Crippen LogP contribution in [0.5, 0.6) is 0 Å². The Morgan fingerprint density at radius 2 is 0.864 bits per heavy atom. The van der Waals surface area contributed by atoms with Gasteiger partial charge in [0.25, 0.3) is 0 Å². The summed E-state index contributed by atoms with van der Waals surface area (Å²) in [6.45, 7) is 2.75. The molecule has 0 aromatic rings. The van der Waals surface area contributed by atoms with Gasteiger partial charge in [-0.3, -0.25) is 0 Å². The van der Waals surface area contributed by atoms with E-state index in [1.807, 2.05) is 0 Å². The van der Waals surface area contributed by atoms with Crippen molar-refractivity contribution in [3.63, 3.8) is 0 Å². The van der Waals surface area contributed by atoms with Crippen LogP contribution in [0.4, 0.5) is 0 Å². The maximum Gasteiger partial charge on any atom is 1.00 e. The minimum absolute atomic E-state index is 0. The van der Waals surface area contributed by atoms with Crippen molar-refractivity contribution in [2.75, 3.05) is 26.2 Å². The maximum atomic E-state index is 4.65. The van der Waals surface area contributed by atoms with Crippen LogP contribution in [0.15, 0.2) is 0 Å². The molecule has 0 spiro atoms. The second kappa shape index (κ2) is 23.7. The Morgan fingerprint density at radius 3 is 1.05 bits per heavy atom. The van der Waals surface area contributed by atoms with E-state index < -0.39 is 0 Å². The van der Waals surface area contributed by atoms with Gasteiger partial charge in [0.1, 0.15) is 8.64 Å². The van der Waals surface area contributed by atoms with E-state index in [0.29, 0.717) is 43.5 Å². The van der Waals surface area contributed by atoms with Gasteiger partial charge in [-0.25, -0.2) is 0 Å². The second-order valence-corrected chi connectivity index (χ2v) is 7.36. The Balaban J connectivity index is -0.000000135. The fraction of sp³-hybridized carbons (Fsp3) is 0.500. The predicted molar refractivity (Wildman–Crippen MR) is 115 cm³/mol. The minimum atomic E-state index is 0. The van der Waals surface area contributed by atoms with Gasteiger partial charge in [0.2, 0.25) is 0 Å². The molecule has 0 rings (SSSR count). The molecule has 0 atom stereocenters. The number of nitrogens with one attached hydrogen (secondary N) is 4. The van der Waals surface area contributed by atoms with E-state index in [1.54, 1.807) is 0 Å². The Bertz CT molecular complexity index is 280. The third-order valence-electron chi connectivity index (χ3n) is 1.34. The predicted octanol–water partition coefficient (Wildman–Crippen LogP) is -5.57. The van der Waals surface area contributed by atoms with Crippen LogP contribution in [0.25, 0.3) is 0 Å². The molecule has 0 aromatic carbocycles. The largest absolute Gasteiger partial charge is 1.00 e. The summed E-state index contributed by atoms with van der Waals surface area (Å²) >= 11 is 35.4. The average molecular weight is 469 g/mol. The van der Waals surface area contributed by atoms with Gasteiger partial charge in [-0.1, -0.05) is 33.1 Å². The van der Waals surface area contributed by atoms with Crippen molar-refractivity contribution < 1.29 is 59.1 Å². The van der Waals surface area contributed by atoms with Crippen LogP contribution in [0.1, 0.15) is 0 Å². The normalized spacial score (nSPS) is 7.73. The van der Waals surface area contributed by atoms with Crippen molar-refractivity contribution in [3.05, 3.63) is 0 Å². The molecule has 0 aliphatic heterocycles. The van der Waals surface area contributed by atoms with Crippen LogP contribution in [-0.2, 0) is 25.3 Å². The molecule has 0 amide bonds. The van der Waals surface area contributed by atoms with E-state index >= 15 is 0 Å². The zero-order valence-corrected chi connectivity index (χ0v) is 22.9. The first-order valence-corrected chi connectivity index (χ1v) is 8.43. The monoisotopic (exact) mass is 468 g/mol. The summed E-state index contributed by atoms with van der Waals surface area (Å²) in [4.78, 5) is 0. The Morgan fingerprint density at radius 1 is 0.636 bits per heavy atom. The van der Waals surface area contributed by atoms with Gasteiger partial charge in [-0.05, 0) is 0 Å². The van der Waals surface area contributed by atoms with E-state index in [9.17, 15) is 0 Å². The summed E-state index contributed by atoms with van der Waals surface area (Å²) in [5.74, 6) is 0. The average Bonchev–Trinajstić information content (AvgIpc) is 2.30. The van der Waals surface area contributed by atoms with Crippen molar-refractivity contribution in [1.29, 1.82) is 0 Å². The summed E-state index contributed by atoms with van der Waals surface area (Å²) in [7, 11) is 0. The van der Waals surface area contributed by atoms with Gasteiger partial charge in [0.15, 0.2) is 0 Å². The summed E-state index contributed by atoms with van der Waals surface area (Å²) < 4.78 is 1.73. The molecule has 116 valence electrons. The van der Waals surface area contributed by atoms with E-state index in [1.165, 1.54) is 0 Å². The molecule has 0 bridgehead atoms. The molecule has 0 saturated heterocycles. The summed E-state index contributed by atoms with van der Waals surface area (Å²) in [5.41, 5.74) is 0. The molecule has 0 aliphatic rings. The van der Waals surface area contributed by atoms with Crippen LogP contribution < -0.4 is 80.4 Å². The zero-order chi connectivity index (χ0) is 16.0. The third-order valence-corrected chi connectivity index (χ3v) is 2.52. The summed E-state index contributed by atoms with van der Waals surface area (Å²) in [6, 6.07) is 0. The van der Waals surface area contributed by atoms with Gasteiger partial charge in [0.05, 0.1) is 0 Å². The van der Waals surface area contributed by atoms with Gasteiger partial charge >= 0.3 is 59.1 Å². The molecule has 4 nitrogen and oxygen atoms in total. The molecule has 0 saturated carbocycles. The number of rotatable bonds is 6. The van der Waals surface area contributed by atoms with Gasteiger partial charge in [-0.15, -0.1) is 25.3 Å². The number of thiocarbonyl (C=S) groups is 4. The third kappa shape index (κ3) is 38.3.